The summed E-state index contributed by atoms with van der Waals surface area (Å²) in [4.78, 5) is 4.00. The molecule has 0 radical (unpaired) electrons. The van der Waals surface area contributed by atoms with Crippen LogP contribution in [-0.2, 0) is 0 Å². The van der Waals surface area contributed by atoms with Crippen molar-refractivity contribution in [3.8, 4) is 5.88 Å². The van der Waals surface area contributed by atoms with Gasteiger partial charge in [0.05, 0.1) is 7.11 Å². The smallest absolute Gasteiger partial charge is 0.214 e. The average molecular weight is 181 g/mol. The van der Waals surface area contributed by atoms with Crippen molar-refractivity contribution in [1.82, 2.24) is 4.98 Å². The molecule has 0 spiro atoms. The molecular weight excluding hydrogens is 166 g/mol. The minimum absolute atomic E-state index is 0.257. The van der Waals surface area contributed by atoms with E-state index in [1.165, 1.54) is 0 Å². The molecule has 13 heavy (non-hydrogen) atoms. The van der Waals surface area contributed by atoms with Crippen LogP contribution >= 0.6 is 0 Å². The molecular formula is C9H15N3O. The Hall–Kier alpha value is -1.29. The summed E-state index contributed by atoms with van der Waals surface area (Å²) in [5.41, 5.74) is 6.46. The van der Waals surface area contributed by atoms with Crippen LogP contribution in [0.15, 0.2) is 18.3 Å². The Morgan fingerprint density at radius 3 is 3.08 bits per heavy atom. The quantitative estimate of drug-likeness (QED) is 0.723. The number of nitrogens with two attached hydrogens (primary N) is 1. The van der Waals surface area contributed by atoms with Gasteiger partial charge in [0.25, 0.3) is 0 Å². The maximum atomic E-state index is 5.48. The molecule has 1 rings (SSSR count). The van der Waals surface area contributed by atoms with Crippen LogP contribution in [-0.4, -0.2) is 24.7 Å². The predicted octanol–water partition coefficient (Wildman–Crippen LogP) is 0.849. The van der Waals surface area contributed by atoms with E-state index in [1.54, 1.807) is 13.3 Å². The Bertz CT molecular complexity index is 265. The van der Waals surface area contributed by atoms with Gasteiger partial charge < -0.3 is 15.8 Å². The molecule has 0 aliphatic rings. The number of ether oxygens (including phenoxy) is 1. The van der Waals surface area contributed by atoms with Gasteiger partial charge in [0.2, 0.25) is 5.88 Å². The molecule has 3 N–H and O–H groups in total. The van der Waals surface area contributed by atoms with Crippen LogP contribution in [0.5, 0.6) is 5.88 Å². The fourth-order valence-corrected chi connectivity index (χ4v) is 0.954. The Morgan fingerprint density at radius 2 is 2.46 bits per heavy atom. The van der Waals surface area contributed by atoms with Gasteiger partial charge in [-0.05, 0) is 13.0 Å². The van der Waals surface area contributed by atoms with Crippen LogP contribution in [0.2, 0.25) is 0 Å². The van der Waals surface area contributed by atoms with Crippen LogP contribution in [0.25, 0.3) is 0 Å². The highest BCUT2D eigenvalue weighted by Gasteiger charge is 2.00. The highest BCUT2D eigenvalue weighted by atomic mass is 16.5. The molecule has 1 aromatic rings. The lowest BCUT2D eigenvalue weighted by Crippen LogP contribution is -2.25. The van der Waals surface area contributed by atoms with E-state index in [-0.39, 0.29) is 6.04 Å². The van der Waals surface area contributed by atoms with Gasteiger partial charge in [0.15, 0.2) is 0 Å². The van der Waals surface area contributed by atoms with Crippen molar-refractivity contribution in [3.63, 3.8) is 0 Å². The normalized spacial score (nSPS) is 12.2. The lowest BCUT2D eigenvalue weighted by molar-refractivity contribution is 0.398. The lowest BCUT2D eigenvalue weighted by Gasteiger charge is -2.12. The standard InChI is InChI=1S/C9H15N3O/c1-7(6-10)12-8-3-4-11-9(5-8)13-2/h3-5,7H,6,10H2,1-2H3,(H,11,12). The number of methoxy groups -OCH3 is 1. The molecule has 4 nitrogen and oxygen atoms in total. The van der Waals surface area contributed by atoms with E-state index in [2.05, 4.69) is 10.3 Å². The second kappa shape index (κ2) is 4.67. The summed E-state index contributed by atoms with van der Waals surface area (Å²) in [6.45, 7) is 2.62. The van der Waals surface area contributed by atoms with Gasteiger partial charge in [0.1, 0.15) is 0 Å². The second-order valence-electron chi connectivity index (χ2n) is 2.87. The summed E-state index contributed by atoms with van der Waals surface area (Å²) < 4.78 is 4.99. The van der Waals surface area contributed by atoms with E-state index < -0.39 is 0 Å². The lowest BCUT2D eigenvalue weighted by atomic mass is 10.3. The first-order valence-corrected chi connectivity index (χ1v) is 4.23. The van der Waals surface area contributed by atoms with E-state index in [4.69, 9.17) is 10.5 Å². The molecule has 0 saturated carbocycles. The van der Waals surface area contributed by atoms with E-state index in [0.29, 0.717) is 12.4 Å². The largest absolute Gasteiger partial charge is 0.481 e. The molecule has 0 aliphatic heterocycles. The zero-order valence-electron chi connectivity index (χ0n) is 7.95. The fourth-order valence-electron chi connectivity index (χ4n) is 0.954. The second-order valence-corrected chi connectivity index (χ2v) is 2.87. The molecule has 1 unspecified atom stereocenters. The van der Waals surface area contributed by atoms with E-state index in [9.17, 15) is 0 Å². The zero-order chi connectivity index (χ0) is 9.68. The molecule has 0 aromatic carbocycles. The summed E-state index contributed by atoms with van der Waals surface area (Å²) >= 11 is 0. The molecule has 0 saturated heterocycles. The van der Waals surface area contributed by atoms with E-state index in [1.807, 2.05) is 19.1 Å². The molecule has 1 aromatic heterocycles. The maximum Gasteiger partial charge on any atom is 0.214 e. The number of rotatable bonds is 4. The molecule has 1 heterocycles. The van der Waals surface area contributed by atoms with Crippen molar-refractivity contribution in [3.05, 3.63) is 18.3 Å². The maximum absolute atomic E-state index is 5.48. The third-order valence-corrected chi connectivity index (χ3v) is 1.71. The van der Waals surface area contributed by atoms with Crippen molar-refractivity contribution in [1.29, 1.82) is 0 Å². The van der Waals surface area contributed by atoms with Crippen molar-refractivity contribution in [2.75, 3.05) is 19.0 Å². The Morgan fingerprint density at radius 1 is 1.69 bits per heavy atom. The van der Waals surface area contributed by atoms with Crippen molar-refractivity contribution in [2.45, 2.75) is 13.0 Å². The minimum atomic E-state index is 0.257. The van der Waals surface area contributed by atoms with Crippen molar-refractivity contribution < 1.29 is 4.74 Å². The van der Waals surface area contributed by atoms with Gasteiger partial charge in [0, 0.05) is 30.5 Å². The summed E-state index contributed by atoms with van der Waals surface area (Å²) in [5, 5.41) is 3.22. The molecule has 0 fully saturated rings. The zero-order valence-corrected chi connectivity index (χ0v) is 7.95. The van der Waals surface area contributed by atoms with Crippen LogP contribution in [0, 0.1) is 0 Å². The van der Waals surface area contributed by atoms with E-state index in [0.717, 1.165) is 5.69 Å². The van der Waals surface area contributed by atoms with Gasteiger partial charge in [-0.25, -0.2) is 4.98 Å². The monoisotopic (exact) mass is 181 g/mol. The van der Waals surface area contributed by atoms with Crippen LogP contribution in [0.1, 0.15) is 6.92 Å². The van der Waals surface area contributed by atoms with Crippen LogP contribution < -0.4 is 15.8 Å². The highest BCUT2D eigenvalue weighted by molar-refractivity contribution is 5.45. The molecule has 72 valence electrons. The first-order valence-electron chi connectivity index (χ1n) is 4.23. The third kappa shape index (κ3) is 2.91. The Kier molecular flexibility index (Phi) is 3.52. The third-order valence-electron chi connectivity index (χ3n) is 1.71. The molecule has 1 atom stereocenters. The van der Waals surface area contributed by atoms with E-state index >= 15 is 0 Å². The predicted molar refractivity (Wildman–Crippen MR) is 52.9 cm³/mol. The molecule has 0 aliphatic carbocycles. The number of aromatic nitrogens is 1. The van der Waals surface area contributed by atoms with Crippen LogP contribution in [0.4, 0.5) is 5.69 Å². The minimum Gasteiger partial charge on any atom is -0.481 e. The summed E-state index contributed by atoms with van der Waals surface area (Å²) in [7, 11) is 1.60. The number of nitrogens with zero attached hydrogens (tertiary/aromatic N) is 1. The molecule has 0 amide bonds. The highest BCUT2D eigenvalue weighted by Crippen LogP contribution is 2.13. The number of anilines is 1. The van der Waals surface area contributed by atoms with Gasteiger partial charge in [-0.15, -0.1) is 0 Å². The molecule has 4 heteroatoms. The molecule has 0 bridgehead atoms. The number of pyridine rings is 1. The first kappa shape index (κ1) is 9.80. The van der Waals surface area contributed by atoms with Crippen molar-refractivity contribution >= 4 is 5.69 Å². The van der Waals surface area contributed by atoms with Gasteiger partial charge in [-0.3, -0.25) is 0 Å². The topological polar surface area (TPSA) is 60.2 Å². The summed E-state index contributed by atoms with van der Waals surface area (Å²) in [5.74, 6) is 0.606. The SMILES string of the molecule is COc1cc(NC(C)CN)ccn1. The Balaban J connectivity index is 2.66. The van der Waals surface area contributed by atoms with Gasteiger partial charge in [-0.2, -0.15) is 0 Å². The number of hydrogen-bond acceptors (Lipinski definition) is 4. The van der Waals surface area contributed by atoms with Gasteiger partial charge >= 0.3 is 0 Å². The van der Waals surface area contributed by atoms with Crippen LogP contribution in [0.3, 0.4) is 0 Å². The fraction of sp³-hybridized carbons (Fsp3) is 0.444. The average Bonchev–Trinajstić information content (AvgIpc) is 2.18. The van der Waals surface area contributed by atoms with Gasteiger partial charge in [-0.1, -0.05) is 0 Å². The number of hydrogen-bond donors (Lipinski definition) is 2. The number of nitrogens with one attached hydrogen (secondary N) is 1. The first-order chi connectivity index (χ1) is 6.26. The van der Waals surface area contributed by atoms with Crippen molar-refractivity contribution in [2.24, 2.45) is 5.73 Å². The summed E-state index contributed by atoms with van der Waals surface area (Å²) in [6.07, 6.45) is 1.70. The Labute approximate surface area is 78.1 Å². The summed E-state index contributed by atoms with van der Waals surface area (Å²) in [6, 6.07) is 3.98.